The number of nitrogen functional groups attached to an aromatic ring is 1. The van der Waals surface area contributed by atoms with Gasteiger partial charge in [-0.05, 0) is 47.0 Å². The van der Waals surface area contributed by atoms with Crippen molar-refractivity contribution in [1.29, 1.82) is 0 Å². The molecule has 0 aliphatic carbocycles. The number of amides is 2. The number of hydrogen-bond acceptors (Lipinski definition) is 5. The molecule has 2 amide bonds. The van der Waals surface area contributed by atoms with Gasteiger partial charge in [0.1, 0.15) is 0 Å². The number of morpholine rings is 1. The molecule has 7 nitrogen and oxygen atoms in total. The van der Waals surface area contributed by atoms with E-state index in [0.717, 1.165) is 55.2 Å². The van der Waals surface area contributed by atoms with Gasteiger partial charge in [0, 0.05) is 37.4 Å². The Hall–Kier alpha value is -3.68. The van der Waals surface area contributed by atoms with Gasteiger partial charge < -0.3 is 20.7 Å². The molecule has 34 heavy (non-hydrogen) atoms. The zero-order chi connectivity index (χ0) is 23.5. The number of carbonyl (C=O) groups is 2. The molecular weight excluding hydrogens is 428 g/mol. The summed E-state index contributed by atoms with van der Waals surface area (Å²) in [5.74, 6) is -0.181. The smallest absolute Gasteiger partial charge is 0.255 e. The third-order valence-corrected chi connectivity index (χ3v) is 6.43. The fourth-order valence-corrected chi connectivity index (χ4v) is 4.50. The van der Waals surface area contributed by atoms with Gasteiger partial charge in [-0.3, -0.25) is 14.5 Å². The fourth-order valence-electron chi connectivity index (χ4n) is 4.50. The van der Waals surface area contributed by atoms with Crippen LogP contribution in [0.4, 0.5) is 17.1 Å². The Morgan fingerprint density at radius 3 is 2.53 bits per heavy atom. The maximum atomic E-state index is 13.0. The first-order chi connectivity index (χ1) is 16.6. The summed E-state index contributed by atoms with van der Waals surface area (Å²) in [6.07, 6.45) is 0.311. The molecule has 7 heteroatoms. The van der Waals surface area contributed by atoms with E-state index in [2.05, 4.69) is 10.2 Å². The van der Waals surface area contributed by atoms with Crippen molar-refractivity contribution in [3.05, 3.63) is 77.9 Å². The first kappa shape index (κ1) is 22.1. The van der Waals surface area contributed by atoms with Gasteiger partial charge in [-0.2, -0.15) is 0 Å². The van der Waals surface area contributed by atoms with Crippen LogP contribution in [0.25, 0.3) is 11.1 Å². The van der Waals surface area contributed by atoms with Crippen LogP contribution in [0.3, 0.4) is 0 Å². The van der Waals surface area contributed by atoms with E-state index in [9.17, 15) is 9.59 Å². The van der Waals surface area contributed by atoms with Crippen molar-refractivity contribution in [3.8, 4) is 11.1 Å². The number of carbonyl (C=O) groups excluding carboxylic acids is 2. The predicted octanol–water partition coefficient (Wildman–Crippen LogP) is 3.41. The van der Waals surface area contributed by atoms with E-state index in [0.29, 0.717) is 29.9 Å². The van der Waals surface area contributed by atoms with E-state index in [1.165, 1.54) is 0 Å². The molecule has 3 aromatic carbocycles. The summed E-state index contributed by atoms with van der Waals surface area (Å²) >= 11 is 0. The summed E-state index contributed by atoms with van der Waals surface area (Å²) < 4.78 is 5.40. The van der Waals surface area contributed by atoms with Gasteiger partial charge in [0.25, 0.3) is 5.91 Å². The molecule has 1 fully saturated rings. The number of nitrogens with two attached hydrogens (primary N) is 1. The first-order valence-corrected chi connectivity index (χ1v) is 11.6. The van der Waals surface area contributed by atoms with Crippen LogP contribution in [0.2, 0.25) is 0 Å². The number of nitrogens with one attached hydrogen (secondary N) is 1. The molecule has 2 heterocycles. The molecule has 0 atom stereocenters. The molecule has 1 saturated heterocycles. The normalized spacial score (nSPS) is 15.9. The van der Waals surface area contributed by atoms with Crippen molar-refractivity contribution in [2.24, 2.45) is 0 Å². The summed E-state index contributed by atoms with van der Waals surface area (Å²) in [5, 5.41) is 2.94. The van der Waals surface area contributed by atoms with Crippen molar-refractivity contribution < 1.29 is 14.3 Å². The van der Waals surface area contributed by atoms with Crippen LogP contribution < -0.4 is 16.0 Å². The van der Waals surface area contributed by atoms with Crippen LogP contribution in [0.5, 0.6) is 0 Å². The molecule has 2 aliphatic heterocycles. The summed E-state index contributed by atoms with van der Waals surface area (Å²) in [6, 6.07) is 21.0. The van der Waals surface area contributed by atoms with Crippen molar-refractivity contribution in [2.45, 2.75) is 6.42 Å². The Labute approximate surface area is 199 Å². The number of anilines is 3. The molecule has 0 spiro atoms. The Bertz CT molecular complexity index is 1210. The average Bonchev–Trinajstić information content (AvgIpc) is 3.19. The highest BCUT2D eigenvalue weighted by Gasteiger charge is 2.28. The van der Waals surface area contributed by atoms with E-state index in [1.54, 1.807) is 12.1 Å². The van der Waals surface area contributed by atoms with Gasteiger partial charge in [-0.25, -0.2) is 0 Å². The van der Waals surface area contributed by atoms with Crippen molar-refractivity contribution in [2.75, 3.05) is 55.3 Å². The standard InChI is InChI=1S/C27H28N4O3/c28-23-8-6-20(19-4-2-1-3-5-19)17-24(23)29-27(33)21-7-9-25-22(16-21)18-26(32)31(25)11-10-30-12-14-34-15-13-30/h1-9,16-17H,10-15,18,28H2,(H,29,33). The first-order valence-electron chi connectivity index (χ1n) is 11.6. The zero-order valence-corrected chi connectivity index (χ0v) is 19.0. The largest absolute Gasteiger partial charge is 0.397 e. The van der Waals surface area contributed by atoms with Crippen LogP contribution >= 0.6 is 0 Å². The second kappa shape index (κ2) is 9.67. The Morgan fingerprint density at radius 1 is 0.941 bits per heavy atom. The zero-order valence-electron chi connectivity index (χ0n) is 19.0. The van der Waals surface area contributed by atoms with Crippen molar-refractivity contribution in [3.63, 3.8) is 0 Å². The SMILES string of the molecule is Nc1ccc(-c2ccccc2)cc1NC(=O)c1ccc2c(c1)CC(=O)N2CCN1CCOCC1. The second-order valence-corrected chi connectivity index (χ2v) is 8.64. The van der Waals surface area contributed by atoms with Crippen LogP contribution in [-0.4, -0.2) is 56.1 Å². The van der Waals surface area contributed by atoms with Crippen LogP contribution in [-0.2, 0) is 16.0 Å². The molecular formula is C27H28N4O3. The van der Waals surface area contributed by atoms with Gasteiger partial charge in [0.05, 0.1) is 31.0 Å². The number of fused-ring (bicyclic) bond motifs is 1. The van der Waals surface area contributed by atoms with E-state index in [-0.39, 0.29) is 11.8 Å². The summed E-state index contributed by atoms with van der Waals surface area (Å²) in [4.78, 5) is 29.8. The monoisotopic (exact) mass is 456 g/mol. The molecule has 0 saturated carbocycles. The van der Waals surface area contributed by atoms with E-state index < -0.39 is 0 Å². The van der Waals surface area contributed by atoms with Crippen LogP contribution in [0.15, 0.2) is 66.7 Å². The van der Waals surface area contributed by atoms with Gasteiger partial charge >= 0.3 is 0 Å². The minimum atomic E-state index is -0.251. The molecule has 2 aliphatic rings. The van der Waals surface area contributed by atoms with Crippen molar-refractivity contribution >= 4 is 28.9 Å². The van der Waals surface area contributed by atoms with Gasteiger partial charge in [0.15, 0.2) is 0 Å². The molecule has 0 unspecified atom stereocenters. The Kier molecular flexibility index (Phi) is 6.29. The fraction of sp³-hybridized carbons (Fsp3) is 0.259. The Balaban J connectivity index is 1.30. The summed E-state index contributed by atoms with van der Waals surface area (Å²) in [6.45, 7) is 4.71. The third kappa shape index (κ3) is 4.66. The van der Waals surface area contributed by atoms with Crippen LogP contribution in [0.1, 0.15) is 15.9 Å². The Morgan fingerprint density at radius 2 is 1.74 bits per heavy atom. The van der Waals surface area contributed by atoms with E-state index >= 15 is 0 Å². The van der Waals surface area contributed by atoms with Gasteiger partial charge in [-0.15, -0.1) is 0 Å². The maximum absolute atomic E-state index is 13.0. The number of hydrogen-bond donors (Lipinski definition) is 2. The number of ether oxygens (including phenoxy) is 1. The highest BCUT2D eigenvalue weighted by Crippen LogP contribution is 2.31. The highest BCUT2D eigenvalue weighted by molar-refractivity contribution is 6.08. The molecule has 0 radical (unpaired) electrons. The predicted molar refractivity (Wildman–Crippen MR) is 134 cm³/mol. The minimum Gasteiger partial charge on any atom is -0.397 e. The number of rotatable bonds is 6. The molecule has 0 aromatic heterocycles. The lowest BCUT2D eigenvalue weighted by atomic mass is 10.0. The van der Waals surface area contributed by atoms with E-state index in [1.807, 2.05) is 59.5 Å². The number of nitrogens with zero attached hydrogens (tertiary/aromatic N) is 2. The van der Waals surface area contributed by atoms with Crippen molar-refractivity contribution in [1.82, 2.24) is 4.90 Å². The molecule has 3 N–H and O–H groups in total. The molecule has 5 rings (SSSR count). The highest BCUT2D eigenvalue weighted by atomic mass is 16.5. The van der Waals surface area contributed by atoms with Crippen LogP contribution in [0, 0.1) is 0 Å². The second-order valence-electron chi connectivity index (χ2n) is 8.64. The number of benzene rings is 3. The molecule has 0 bridgehead atoms. The topological polar surface area (TPSA) is 87.9 Å². The lowest BCUT2D eigenvalue weighted by Gasteiger charge is -2.28. The van der Waals surface area contributed by atoms with E-state index in [4.69, 9.17) is 10.5 Å². The maximum Gasteiger partial charge on any atom is 0.255 e. The summed E-state index contributed by atoms with van der Waals surface area (Å²) in [5.41, 5.74) is 11.5. The van der Waals surface area contributed by atoms with Gasteiger partial charge in [0.2, 0.25) is 5.91 Å². The molecule has 174 valence electrons. The lowest BCUT2D eigenvalue weighted by molar-refractivity contribution is -0.117. The minimum absolute atomic E-state index is 0.0700. The lowest BCUT2D eigenvalue weighted by Crippen LogP contribution is -2.42. The quantitative estimate of drug-likeness (QED) is 0.555. The molecule has 3 aromatic rings. The third-order valence-electron chi connectivity index (χ3n) is 6.43. The average molecular weight is 457 g/mol. The van der Waals surface area contributed by atoms with Gasteiger partial charge in [-0.1, -0.05) is 36.4 Å². The summed E-state index contributed by atoms with van der Waals surface area (Å²) in [7, 11) is 0.